The molecule has 1 aliphatic rings. The molecule has 4 nitrogen and oxygen atoms in total. The van der Waals surface area contributed by atoms with E-state index in [1.165, 1.54) is 0 Å². The van der Waals surface area contributed by atoms with Crippen LogP contribution in [-0.4, -0.2) is 30.1 Å². The molecule has 0 aliphatic heterocycles. The third kappa shape index (κ3) is 2.58. The standard InChI is InChI=1S/C13H18N2O2/c1-15(13(10-14)7-8-13)12(16)17-9-11-5-3-2-4-6-11/h2-6H,7-10,14H2,1H3. The predicted molar refractivity (Wildman–Crippen MR) is 65.4 cm³/mol. The van der Waals surface area contributed by atoms with Gasteiger partial charge in [0.25, 0.3) is 0 Å². The smallest absolute Gasteiger partial charge is 0.410 e. The summed E-state index contributed by atoms with van der Waals surface area (Å²) in [6, 6.07) is 9.65. The monoisotopic (exact) mass is 234 g/mol. The first kappa shape index (κ1) is 11.9. The van der Waals surface area contributed by atoms with Crippen LogP contribution in [0.5, 0.6) is 0 Å². The largest absolute Gasteiger partial charge is 0.445 e. The van der Waals surface area contributed by atoms with Crippen LogP contribution in [0.4, 0.5) is 4.79 Å². The Balaban J connectivity index is 1.86. The van der Waals surface area contributed by atoms with Crippen molar-refractivity contribution in [1.29, 1.82) is 0 Å². The van der Waals surface area contributed by atoms with Gasteiger partial charge in [0.2, 0.25) is 0 Å². The van der Waals surface area contributed by atoms with Crippen molar-refractivity contribution >= 4 is 6.09 Å². The average molecular weight is 234 g/mol. The van der Waals surface area contributed by atoms with Crippen molar-refractivity contribution in [1.82, 2.24) is 4.90 Å². The van der Waals surface area contributed by atoms with Crippen molar-refractivity contribution < 1.29 is 9.53 Å². The van der Waals surface area contributed by atoms with Crippen molar-refractivity contribution in [2.75, 3.05) is 13.6 Å². The van der Waals surface area contributed by atoms with Gasteiger partial charge in [-0.25, -0.2) is 4.79 Å². The van der Waals surface area contributed by atoms with Gasteiger partial charge in [-0.2, -0.15) is 0 Å². The molecule has 1 aromatic rings. The van der Waals surface area contributed by atoms with Crippen LogP contribution < -0.4 is 5.73 Å². The summed E-state index contributed by atoms with van der Waals surface area (Å²) in [6.07, 6.45) is 1.65. The Morgan fingerprint density at radius 1 is 1.41 bits per heavy atom. The molecule has 2 rings (SSSR count). The number of likely N-dealkylation sites (N-methyl/N-ethyl adjacent to an activating group) is 1. The average Bonchev–Trinajstić information content (AvgIpc) is 3.17. The summed E-state index contributed by atoms with van der Waals surface area (Å²) in [5.74, 6) is 0. The number of hydrogen-bond donors (Lipinski definition) is 1. The van der Waals surface area contributed by atoms with E-state index in [9.17, 15) is 4.79 Å². The van der Waals surface area contributed by atoms with E-state index >= 15 is 0 Å². The van der Waals surface area contributed by atoms with Crippen LogP contribution in [0, 0.1) is 0 Å². The van der Waals surface area contributed by atoms with Gasteiger partial charge in [0.05, 0.1) is 5.54 Å². The minimum Gasteiger partial charge on any atom is -0.445 e. The fraction of sp³-hybridized carbons (Fsp3) is 0.462. The molecule has 0 heterocycles. The zero-order valence-corrected chi connectivity index (χ0v) is 10.1. The number of rotatable bonds is 4. The topological polar surface area (TPSA) is 55.6 Å². The van der Waals surface area contributed by atoms with Gasteiger partial charge in [0.1, 0.15) is 6.61 Å². The molecule has 0 atom stereocenters. The SMILES string of the molecule is CN(C(=O)OCc1ccccc1)C1(CN)CC1. The molecule has 0 saturated heterocycles. The molecule has 1 fully saturated rings. The fourth-order valence-corrected chi connectivity index (χ4v) is 1.83. The Hall–Kier alpha value is -1.55. The summed E-state index contributed by atoms with van der Waals surface area (Å²) in [5.41, 5.74) is 6.51. The fourth-order valence-electron chi connectivity index (χ4n) is 1.83. The highest BCUT2D eigenvalue weighted by atomic mass is 16.6. The first-order valence-corrected chi connectivity index (χ1v) is 5.82. The van der Waals surface area contributed by atoms with Crippen LogP contribution in [0.25, 0.3) is 0 Å². The maximum Gasteiger partial charge on any atom is 0.410 e. The van der Waals surface area contributed by atoms with E-state index in [0.29, 0.717) is 13.2 Å². The minimum absolute atomic E-state index is 0.145. The zero-order chi connectivity index (χ0) is 12.3. The molecule has 1 amide bonds. The Kier molecular flexibility index (Phi) is 3.33. The molecule has 4 heteroatoms. The van der Waals surface area contributed by atoms with Gasteiger partial charge in [-0.05, 0) is 18.4 Å². The molecule has 1 aromatic carbocycles. The lowest BCUT2D eigenvalue weighted by Crippen LogP contribution is -2.44. The van der Waals surface area contributed by atoms with Crippen LogP contribution in [0.1, 0.15) is 18.4 Å². The zero-order valence-electron chi connectivity index (χ0n) is 10.1. The van der Waals surface area contributed by atoms with Crippen molar-refractivity contribution in [3.05, 3.63) is 35.9 Å². The summed E-state index contributed by atoms with van der Waals surface area (Å²) < 4.78 is 5.25. The van der Waals surface area contributed by atoms with Gasteiger partial charge in [-0.1, -0.05) is 30.3 Å². The summed E-state index contributed by atoms with van der Waals surface area (Å²) in [4.78, 5) is 13.4. The van der Waals surface area contributed by atoms with E-state index in [0.717, 1.165) is 18.4 Å². The first-order valence-electron chi connectivity index (χ1n) is 5.82. The molecule has 0 unspecified atom stereocenters. The minimum atomic E-state index is -0.295. The summed E-state index contributed by atoms with van der Waals surface area (Å²) in [5, 5.41) is 0. The van der Waals surface area contributed by atoms with E-state index in [2.05, 4.69) is 0 Å². The molecule has 0 radical (unpaired) electrons. The van der Waals surface area contributed by atoms with Gasteiger partial charge in [-0.3, -0.25) is 0 Å². The van der Waals surface area contributed by atoms with Crippen LogP contribution in [0.2, 0.25) is 0 Å². The quantitative estimate of drug-likeness (QED) is 0.863. The van der Waals surface area contributed by atoms with Crippen LogP contribution >= 0.6 is 0 Å². The van der Waals surface area contributed by atoms with E-state index in [1.54, 1.807) is 11.9 Å². The van der Waals surface area contributed by atoms with Crippen molar-refractivity contribution in [2.45, 2.75) is 25.0 Å². The van der Waals surface area contributed by atoms with Crippen molar-refractivity contribution in [3.63, 3.8) is 0 Å². The van der Waals surface area contributed by atoms with Gasteiger partial charge in [-0.15, -0.1) is 0 Å². The Labute approximate surface area is 101 Å². The number of nitrogens with two attached hydrogens (primary N) is 1. The molecule has 92 valence electrons. The number of nitrogens with zero attached hydrogens (tertiary/aromatic N) is 1. The van der Waals surface area contributed by atoms with Gasteiger partial charge >= 0.3 is 6.09 Å². The molecular weight excluding hydrogens is 216 g/mol. The van der Waals surface area contributed by atoms with Gasteiger partial charge in [0, 0.05) is 13.6 Å². The second-order valence-corrected chi connectivity index (χ2v) is 4.53. The first-order chi connectivity index (χ1) is 8.18. The molecule has 17 heavy (non-hydrogen) atoms. The Bertz CT molecular complexity index is 388. The van der Waals surface area contributed by atoms with Crippen molar-refractivity contribution in [2.24, 2.45) is 5.73 Å². The van der Waals surface area contributed by atoms with Gasteiger partial charge < -0.3 is 15.4 Å². The second-order valence-electron chi connectivity index (χ2n) is 4.53. The molecular formula is C13H18N2O2. The van der Waals surface area contributed by atoms with E-state index in [4.69, 9.17) is 10.5 Å². The van der Waals surface area contributed by atoms with Crippen LogP contribution in [0.15, 0.2) is 30.3 Å². The molecule has 0 aromatic heterocycles. The van der Waals surface area contributed by atoms with E-state index in [-0.39, 0.29) is 11.6 Å². The maximum absolute atomic E-state index is 11.8. The van der Waals surface area contributed by atoms with E-state index < -0.39 is 0 Å². The van der Waals surface area contributed by atoms with Crippen LogP contribution in [0.3, 0.4) is 0 Å². The van der Waals surface area contributed by atoms with Crippen molar-refractivity contribution in [3.8, 4) is 0 Å². The predicted octanol–water partition coefficient (Wildman–Crippen LogP) is 1.75. The lowest BCUT2D eigenvalue weighted by atomic mass is 10.2. The van der Waals surface area contributed by atoms with Crippen LogP contribution in [-0.2, 0) is 11.3 Å². The number of ether oxygens (including phenoxy) is 1. The van der Waals surface area contributed by atoms with Gasteiger partial charge in [0.15, 0.2) is 0 Å². The number of hydrogen-bond acceptors (Lipinski definition) is 3. The highest BCUT2D eigenvalue weighted by molar-refractivity contribution is 5.69. The molecule has 0 spiro atoms. The number of amides is 1. The van der Waals surface area contributed by atoms with E-state index in [1.807, 2.05) is 30.3 Å². The summed E-state index contributed by atoms with van der Waals surface area (Å²) >= 11 is 0. The third-order valence-corrected chi connectivity index (χ3v) is 3.40. The maximum atomic E-state index is 11.8. The number of carbonyl (C=O) groups is 1. The molecule has 1 aliphatic carbocycles. The highest BCUT2D eigenvalue weighted by Gasteiger charge is 2.47. The summed E-state index contributed by atoms with van der Waals surface area (Å²) in [7, 11) is 1.76. The highest BCUT2D eigenvalue weighted by Crippen LogP contribution is 2.40. The Morgan fingerprint density at radius 3 is 2.59 bits per heavy atom. The molecule has 2 N–H and O–H groups in total. The molecule has 1 saturated carbocycles. The number of benzene rings is 1. The lowest BCUT2D eigenvalue weighted by molar-refractivity contribution is 0.0876. The third-order valence-electron chi connectivity index (χ3n) is 3.40. The summed E-state index contributed by atoms with van der Waals surface area (Å²) in [6.45, 7) is 0.814. The normalized spacial score (nSPS) is 16.4. The molecule has 0 bridgehead atoms. The second kappa shape index (κ2) is 4.75. The Morgan fingerprint density at radius 2 is 2.06 bits per heavy atom. The lowest BCUT2D eigenvalue weighted by Gasteiger charge is -2.26. The number of carbonyl (C=O) groups excluding carboxylic acids is 1.